The van der Waals surface area contributed by atoms with Gasteiger partial charge >= 0.3 is 0 Å². The van der Waals surface area contributed by atoms with Crippen LogP contribution in [0.1, 0.15) is 17.5 Å². The zero-order chi connectivity index (χ0) is 31.4. The predicted molar refractivity (Wildman–Crippen MR) is 166 cm³/mol. The molecule has 0 amide bonds. The van der Waals surface area contributed by atoms with E-state index in [9.17, 15) is 21.4 Å². The third-order valence-corrected chi connectivity index (χ3v) is 7.96. The van der Waals surface area contributed by atoms with Gasteiger partial charge in [0.15, 0.2) is 0 Å². The molecule has 4 aromatic carbocycles. The van der Waals surface area contributed by atoms with Gasteiger partial charge in [0.25, 0.3) is 20.2 Å². The van der Waals surface area contributed by atoms with Crippen molar-refractivity contribution in [1.82, 2.24) is 0 Å². The van der Waals surface area contributed by atoms with Gasteiger partial charge in [0, 0.05) is 28.9 Å². The van der Waals surface area contributed by atoms with Gasteiger partial charge in [0.05, 0.1) is 41.4 Å². The van der Waals surface area contributed by atoms with Crippen LogP contribution in [0.25, 0.3) is 16.5 Å². The first-order valence-electron chi connectivity index (χ1n) is 12.8. The summed E-state index contributed by atoms with van der Waals surface area (Å²) in [5.74, 6) is 0.128. The van der Waals surface area contributed by atoms with Crippen LogP contribution in [0.15, 0.2) is 88.4 Å². The van der Waals surface area contributed by atoms with Crippen molar-refractivity contribution in [2.24, 2.45) is 10.2 Å². The van der Waals surface area contributed by atoms with E-state index in [2.05, 4.69) is 22.1 Å². The highest BCUT2D eigenvalue weighted by atomic mass is 32.2. The highest BCUT2D eigenvalue weighted by Gasteiger charge is 2.16. The minimum atomic E-state index is -4.57. The summed E-state index contributed by atoms with van der Waals surface area (Å²) in [6, 6.07) is 18.2. The molecular formula is C29H30N4O8S2. The molecular weight excluding hydrogens is 596 g/mol. The second kappa shape index (κ2) is 12.8. The molecule has 0 saturated carbocycles. The molecule has 0 radical (unpaired) electrons. The van der Waals surface area contributed by atoms with Crippen molar-refractivity contribution in [1.29, 1.82) is 0 Å². The second-order valence-electron chi connectivity index (χ2n) is 9.55. The maximum Gasteiger partial charge on any atom is 0.294 e. The smallest absolute Gasteiger partial charge is 0.294 e. The number of hydrogen-bond donors (Lipinski definition) is 4. The van der Waals surface area contributed by atoms with Gasteiger partial charge in [-0.3, -0.25) is 9.11 Å². The molecule has 0 bridgehead atoms. The predicted octanol–water partition coefficient (Wildman–Crippen LogP) is 6.14. The van der Waals surface area contributed by atoms with Gasteiger partial charge in [0.2, 0.25) is 0 Å². The molecule has 4 aromatic rings. The zero-order valence-electron chi connectivity index (χ0n) is 23.3. The lowest BCUT2D eigenvalue weighted by atomic mass is 10.1. The van der Waals surface area contributed by atoms with Crippen LogP contribution in [0.2, 0.25) is 0 Å². The largest absolute Gasteiger partial charge is 0.495 e. The summed E-state index contributed by atoms with van der Waals surface area (Å²) in [6.07, 6.45) is -0.0220. The first-order valence-corrected chi connectivity index (χ1v) is 15.8. The van der Waals surface area contributed by atoms with Gasteiger partial charge in [-0.1, -0.05) is 18.7 Å². The molecule has 0 saturated heterocycles. The van der Waals surface area contributed by atoms with E-state index in [0.717, 1.165) is 17.2 Å². The van der Waals surface area contributed by atoms with E-state index in [1.54, 1.807) is 42.5 Å². The third-order valence-electron chi connectivity index (χ3n) is 6.32. The van der Waals surface area contributed by atoms with Crippen LogP contribution >= 0.6 is 0 Å². The van der Waals surface area contributed by atoms with Gasteiger partial charge in [0.1, 0.15) is 11.5 Å². The molecule has 0 atom stereocenters. The molecule has 0 aliphatic carbocycles. The number of methoxy groups -OCH3 is 1. The number of fused-ring (bicyclic) bond motifs is 1. The van der Waals surface area contributed by atoms with Crippen molar-refractivity contribution in [2.45, 2.75) is 18.2 Å². The lowest BCUT2D eigenvalue weighted by Gasteiger charge is -2.14. The number of nitrogens with one attached hydrogen (secondary N) is 1. The Kier molecular flexibility index (Phi) is 9.35. The summed E-state index contributed by atoms with van der Waals surface area (Å²) >= 11 is 0. The number of ether oxygens (including phenoxy) is 2. The molecule has 0 unspecified atom stereocenters. The summed E-state index contributed by atoms with van der Waals surface area (Å²) in [6.45, 7) is 5.85. The molecule has 5 N–H and O–H groups in total. The molecule has 0 aromatic heterocycles. The zero-order valence-corrected chi connectivity index (χ0v) is 24.9. The lowest BCUT2D eigenvalue weighted by Crippen LogP contribution is -2.09. The first kappa shape index (κ1) is 31.4. The minimum absolute atomic E-state index is 0.0220. The van der Waals surface area contributed by atoms with Gasteiger partial charge in [-0.15, -0.1) is 0 Å². The number of nitrogens with two attached hydrogens (primary N) is 1. The lowest BCUT2D eigenvalue weighted by molar-refractivity contribution is 0.319. The van der Waals surface area contributed by atoms with Crippen LogP contribution in [0.3, 0.4) is 0 Å². The first-order chi connectivity index (χ1) is 20.2. The molecule has 43 heavy (non-hydrogen) atoms. The Hall–Kier alpha value is -4.50. The number of rotatable bonds is 12. The van der Waals surface area contributed by atoms with E-state index in [1.807, 2.05) is 19.1 Å². The number of azo groups is 1. The summed E-state index contributed by atoms with van der Waals surface area (Å²) in [4.78, 5) is -0.391. The monoisotopic (exact) mass is 626 g/mol. The van der Waals surface area contributed by atoms with E-state index in [-0.39, 0.29) is 18.8 Å². The van der Waals surface area contributed by atoms with Crippen LogP contribution in [0, 0.1) is 6.92 Å². The Morgan fingerprint density at radius 1 is 0.953 bits per heavy atom. The van der Waals surface area contributed by atoms with Gasteiger partial charge in [-0.25, -0.2) is 0 Å². The van der Waals surface area contributed by atoms with Crippen LogP contribution in [0.4, 0.5) is 22.7 Å². The number of hydrogen-bond acceptors (Lipinski definition) is 10. The van der Waals surface area contributed by atoms with Crippen molar-refractivity contribution in [3.05, 3.63) is 84.4 Å². The van der Waals surface area contributed by atoms with Crippen molar-refractivity contribution in [3.63, 3.8) is 0 Å². The van der Waals surface area contributed by atoms with Crippen molar-refractivity contribution in [3.8, 4) is 11.5 Å². The topological polar surface area (TPSA) is 190 Å². The van der Waals surface area contributed by atoms with E-state index in [0.29, 0.717) is 45.0 Å². The maximum atomic E-state index is 11.9. The van der Waals surface area contributed by atoms with Crippen LogP contribution in [-0.4, -0.2) is 45.4 Å². The van der Waals surface area contributed by atoms with E-state index in [1.165, 1.54) is 13.2 Å². The molecule has 0 fully saturated rings. The number of nitrogen functional groups attached to an aromatic ring is 1. The Labute approximate surface area is 249 Å². The van der Waals surface area contributed by atoms with Crippen LogP contribution < -0.4 is 20.5 Å². The van der Waals surface area contributed by atoms with Crippen molar-refractivity contribution < 1.29 is 35.4 Å². The molecule has 0 aliphatic rings. The Balaban J connectivity index is 1.51. The fraction of sp³-hybridized carbons (Fsp3) is 0.172. The number of aryl methyl sites for hydroxylation is 1. The summed E-state index contributed by atoms with van der Waals surface area (Å²) < 4.78 is 75.1. The molecule has 12 nitrogen and oxygen atoms in total. The SMILES string of the molecule is C=C(Nc1ccc2c(OCCCS(=O)(=O)O)cc(S(=O)(=O)O)cc2c1)c1ccc(N=Nc2cc(OC)c(N)cc2C)cc1. The second-order valence-corrected chi connectivity index (χ2v) is 12.5. The van der Waals surface area contributed by atoms with Crippen molar-refractivity contribution in [2.75, 3.05) is 30.5 Å². The van der Waals surface area contributed by atoms with Crippen molar-refractivity contribution >= 4 is 59.5 Å². The molecule has 14 heteroatoms. The van der Waals surface area contributed by atoms with E-state index >= 15 is 0 Å². The highest BCUT2D eigenvalue weighted by molar-refractivity contribution is 7.86. The highest BCUT2D eigenvalue weighted by Crippen LogP contribution is 2.34. The van der Waals surface area contributed by atoms with Gasteiger partial charge in [-0.05, 0) is 72.3 Å². The Bertz CT molecular complexity index is 1920. The van der Waals surface area contributed by atoms with E-state index < -0.39 is 30.9 Å². The molecule has 0 aliphatic heterocycles. The minimum Gasteiger partial charge on any atom is -0.495 e. The van der Waals surface area contributed by atoms with Gasteiger partial charge < -0.3 is 20.5 Å². The Morgan fingerprint density at radius 3 is 2.33 bits per heavy atom. The summed E-state index contributed by atoms with van der Waals surface area (Å²) in [5.41, 5.74) is 10.4. The molecule has 226 valence electrons. The van der Waals surface area contributed by atoms with Crippen LogP contribution in [0.5, 0.6) is 11.5 Å². The number of nitrogens with zero attached hydrogens (tertiary/aromatic N) is 2. The van der Waals surface area contributed by atoms with Gasteiger partial charge in [-0.2, -0.15) is 27.1 Å². The average Bonchev–Trinajstić information content (AvgIpc) is 2.93. The summed E-state index contributed by atoms with van der Waals surface area (Å²) in [5, 5.41) is 12.7. The Morgan fingerprint density at radius 2 is 1.67 bits per heavy atom. The van der Waals surface area contributed by atoms with Crippen LogP contribution in [-0.2, 0) is 20.2 Å². The standard InChI is InChI=1S/C29H30N4O8S2/c1-18-13-26(30)29(40-3)17-27(18)33-32-22-7-5-20(6-8-22)19(2)31-23-9-10-25-21(14-23)15-24(43(37,38)39)16-28(25)41-11-4-12-42(34,35)36/h5-10,13-17,31H,2,4,11-12,30H2,1,3H3,(H,34,35,36)(H,37,38,39). The average molecular weight is 627 g/mol. The fourth-order valence-electron chi connectivity index (χ4n) is 4.15. The maximum absolute atomic E-state index is 11.9. The fourth-order valence-corrected chi connectivity index (χ4v) is 5.16. The number of anilines is 2. The van der Waals surface area contributed by atoms with E-state index in [4.69, 9.17) is 19.8 Å². The summed E-state index contributed by atoms with van der Waals surface area (Å²) in [7, 11) is -7.20. The normalized spacial score (nSPS) is 12.0. The molecule has 0 heterocycles. The number of benzene rings is 4. The third kappa shape index (κ3) is 8.29. The molecule has 0 spiro atoms. The molecule has 4 rings (SSSR count). The quantitative estimate of drug-likeness (QED) is 0.0615.